The SMILES string of the molecule is O=C(c1ccc(F)cc1)N1CCC(O)(Cn2cnc3c(cnn3-c3ccc(Cl)c(N4CCOCC4)c3)c2=O)CC1. The third-order valence-electron chi connectivity index (χ3n) is 7.62. The van der Waals surface area contributed by atoms with Gasteiger partial charge in [0.05, 0.1) is 48.0 Å². The molecule has 1 amide bonds. The monoisotopic (exact) mass is 566 g/mol. The van der Waals surface area contributed by atoms with Crippen LogP contribution in [0.4, 0.5) is 10.1 Å². The van der Waals surface area contributed by atoms with Crippen LogP contribution in [0.1, 0.15) is 23.2 Å². The third-order valence-corrected chi connectivity index (χ3v) is 7.94. The zero-order valence-corrected chi connectivity index (χ0v) is 22.4. The van der Waals surface area contributed by atoms with E-state index in [4.69, 9.17) is 16.3 Å². The van der Waals surface area contributed by atoms with Crippen molar-refractivity contribution in [2.24, 2.45) is 0 Å². The van der Waals surface area contributed by atoms with Gasteiger partial charge >= 0.3 is 0 Å². The summed E-state index contributed by atoms with van der Waals surface area (Å²) in [4.78, 5) is 34.4. The fourth-order valence-corrected chi connectivity index (χ4v) is 5.54. The summed E-state index contributed by atoms with van der Waals surface area (Å²) >= 11 is 6.48. The van der Waals surface area contributed by atoms with Gasteiger partial charge in [0, 0.05) is 31.7 Å². The Morgan fingerprint density at radius 3 is 2.52 bits per heavy atom. The molecule has 1 N–H and O–H groups in total. The van der Waals surface area contributed by atoms with E-state index in [0.717, 1.165) is 24.5 Å². The second-order valence-corrected chi connectivity index (χ2v) is 10.6. The number of carbonyl (C=O) groups excluding carboxylic acids is 1. The van der Waals surface area contributed by atoms with Gasteiger partial charge in [-0.3, -0.25) is 14.2 Å². The van der Waals surface area contributed by atoms with E-state index in [9.17, 15) is 19.1 Å². The maximum absolute atomic E-state index is 13.4. The van der Waals surface area contributed by atoms with Crippen LogP contribution in [0.25, 0.3) is 16.7 Å². The first kappa shape index (κ1) is 26.4. The van der Waals surface area contributed by atoms with Crippen molar-refractivity contribution in [2.45, 2.75) is 25.0 Å². The van der Waals surface area contributed by atoms with Crippen molar-refractivity contribution in [3.05, 3.63) is 81.7 Å². The summed E-state index contributed by atoms with van der Waals surface area (Å²) in [6.07, 6.45) is 3.49. The number of carbonyl (C=O) groups is 1. The number of halogens is 2. The quantitative estimate of drug-likeness (QED) is 0.396. The first-order valence-corrected chi connectivity index (χ1v) is 13.5. The number of ether oxygens (including phenoxy) is 1. The number of hydrogen-bond donors (Lipinski definition) is 1. The van der Waals surface area contributed by atoms with E-state index in [2.05, 4.69) is 15.0 Å². The van der Waals surface area contributed by atoms with Crippen molar-refractivity contribution in [1.82, 2.24) is 24.2 Å². The molecule has 2 aliphatic heterocycles. The summed E-state index contributed by atoms with van der Waals surface area (Å²) in [6, 6.07) is 11.0. The van der Waals surface area contributed by atoms with Crippen molar-refractivity contribution in [3.63, 3.8) is 0 Å². The fourth-order valence-electron chi connectivity index (χ4n) is 5.31. The first-order valence-electron chi connectivity index (χ1n) is 13.1. The third kappa shape index (κ3) is 5.07. The van der Waals surface area contributed by atoms with Gasteiger partial charge in [0.25, 0.3) is 11.5 Å². The minimum absolute atomic E-state index is 0.0423. The van der Waals surface area contributed by atoms with Gasteiger partial charge in [-0.15, -0.1) is 0 Å². The van der Waals surface area contributed by atoms with Crippen LogP contribution >= 0.6 is 11.6 Å². The molecule has 2 saturated heterocycles. The molecule has 0 aliphatic carbocycles. The number of morpholine rings is 1. The molecule has 2 aliphatic rings. The van der Waals surface area contributed by atoms with Gasteiger partial charge in [-0.1, -0.05) is 11.6 Å². The topological polar surface area (TPSA) is 106 Å². The highest BCUT2D eigenvalue weighted by Gasteiger charge is 2.35. The van der Waals surface area contributed by atoms with Gasteiger partial charge < -0.3 is 19.6 Å². The smallest absolute Gasteiger partial charge is 0.264 e. The molecule has 10 nitrogen and oxygen atoms in total. The summed E-state index contributed by atoms with van der Waals surface area (Å²) in [5.41, 5.74) is 0.902. The summed E-state index contributed by atoms with van der Waals surface area (Å²) in [5, 5.41) is 16.7. The zero-order valence-electron chi connectivity index (χ0n) is 21.7. The van der Waals surface area contributed by atoms with Crippen molar-refractivity contribution in [1.29, 1.82) is 0 Å². The maximum Gasteiger partial charge on any atom is 0.264 e. The number of aromatic nitrogens is 4. The molecule has 0 radical (unpaired) electrons. The second kappa shape index (κ2) is 10.6. The van der Waals surface area contributed by atoms with Crippen LogP contribution < -0.4 is 10.5 Å². The van der Waals surface area contributed by atoms with E-state index in [1.807, 2.05) is 12.1 Å². The average molecular weight is 567 g/mol. The van der Waals surface area contributed by atoms with Gasteiger partial charge in [0.2, 0.25) is 0 Å². The van der Waals surface area contributed by atoms with E-state index >= 15 is 0 Å². The molecule has 0 saturated carbocycles. The lowest BCUT2D eigenvalue weighted by atomic mass is 9.91. The molecule has 0 spiro atoms. The predicted molar refractivity (Wildman–Crippen MR) is 148 cm³/mol. The Hall–Kier alpha value is -3.80. The Morgan fingerprint density at radius 2 is 1.80 bits per heavy atom. The Morgan fingerprint density at radius 1 is 1.07 bits per heavy atom. The molecular formula is C28H28ClFN6O4. The van der Waals surface area contributed by atoms with Crippen LogP contribution in [-0.2, 0) is 11.3 Å². The van der Waals surface area contributed by atoms with E-state index in [1.54, 1.807) is 15.6 Å². The highest BCUT2D eigenvalue weighted by Crippen LogP contribution is 2.30. The highest BCUT2D eigenvalue weighted by molar-refractivity contribution is 6.33. The summed E-state index contributed by atoms with van der Waals surface area (Å²) < 4.78 is 21.7. The molecule has 4 aromatic rings. The number of anilines is 1. The molecule has 6 rings (SSSR count). The van der Waals surface area contributed by atoms with Gasteiger partial charge in [-0.05, 0) is 55.3 Å². The Kier molecular flexibility index (Phi) is 7.03. The van der Waals surface area contributed by atoms with Crippen LogP contribution in [0, 0.1) is 5.82 Å². The summed E-state index contributed by atoms with van der Waals surface area (Å²) in [6.45, 7) is 3.39. The standard InChI is InChI=1S/C28H28ClFN6O4/c29-23-6-5-21(15-24(23)33-11-13-40-14-12-33)36-25-22(16-32-36)27(38)35(18-31-25)17-28(39)7-9-34(10-8-28)26(37)19-1-3-20(30)4-2-19/h1-6,15-16,18,39H,7-14,17H2. The van der Waals surface area contributed by atoms with E-state index in [-0.39, 0.29) is 18.0 Å². The number of aliphatic hydroxyl groups is 1. The van der Waals surface area contributed by atoms with Gasteiger partial charge in [-0.2, -0.15) is 5.10 Å². The molecule has 0 bridgehead atoms. The van der Waals surface area contributed by atoms with Crippen molar-refractivity contribution >= 4 is 34.2 Å². The summed E-state index contributed by atoms with van der Waals surface area (Å²) in [5.74, 6) is -0.620. The predicted octanol–water partition coefficient (Wildman–Crippen LogP) is 2.88. The number of hydrogen-bond acceptors (Lipinski definition) is 7. The number of piperidine rings is 1. The van der Waals surface area contributed by atoms with Crippen LogP contribution in [0.5, 0.6) is 0 Å². The lowest BCUT2D eigenvalue weighted by Gasteiger charge is -2.38. The maximum atomic E-state index is 13.4. The molecule has 40 heavy (non-hydrogen) atoms. The van der Waals surface area contributed by atoms with Crippen LogP contribution in [-0.4, -0.2) is 80.2 Å². The average Bonchev–Trinajstić information content (AvgIpc) is 3.41. The number of rotatable bonds is 5. The van der Waals surface area contributed by atoms with Crippen molar-refractivity contribution in [2.75, 3.05) is 44.3 Å². The van der Waals surface area contributed by atoms with Crippen LogP contribution in [0.15, 0.2) is 59.8 Å². The molecule has 208 valence electrons. The van der Waals surface area contributed by atoms with Gasteiger partial charge in [-0.25, -0.2) is 14.1 Å². The lowest BCUT2D eigenvalue weighted by molar-refractivity contribution is -0.0299. The number of nitrogens with zero attached hydrogens (tertiary/aromatic N) is 6. The molecule has 0 atom stereocenters. The van der Waals surface area contributed by atoms with Crippen molar-refractivity contribution in [3.8, 4) is 5.69 Å². The minimum Gasteiger partial charge on any atom is -0.388 e. The van der Waals surface area contributed by atoms with Crippen LogP contribution in [0.3, 0.4) is 0 Å². The minimum atomic E-state index is -1.18. The van der Waals surface area contributed by atoms with E-state index < -0.39 is 11.4 Å². The lowest BCUT2D eigenvalue weighted by Crippen LogP contribution is -2.49. The Balaban J connectivity index is 1.19. The molecular weight excluding hydrogens is 539 g/mol. The molecule has 2 fully saturated rings. The fraction of sp³-hybridized carbons (Fsp3) is 0.357. The zero-order chi connectivity index (χ0) is 27.9. The highest BCUT2D eigenvalue weighted by atomic mass is 35.5. The van der Waals surface area contributed by atoms with Crippen molar-refractivity contribution < 1.29 is 19.0 Å². The first-order chi connectivity index (χ1) is 19.3. The molecule has 0 unspecified atom stereocenters. The molecule has 4 heterocycles. The number of fused-ring (bicyclic) bond motifs is 1. The van der Waals surface area contributed by atoms with Gasteiger partial charge in [0.1, 0.15) is 17.5 Å². The normalized spacial score (nSPS) is 17.4. The molecule has 12 heteroatoms. The molecule has 2 aromatic heterocycles. The summed E-state index contributed by atoms with van der Waals surface area (Å²) in [7, 11) is 0. The Bertz CT molecular complexity index is 1610. The Labute approximate surface area is 234 Å². The molecule has 2 aromatic carbocycles. The number of amides is 1. The van der Waals surface area contributed by atoms with Gasteiger partial charge in [0.15, 0.2) is 5.65 Å². The van der Waals surface area contributed by atoms with E-state index in [0.29, 0.717) is 60.8 Å². The largest absolute Gasteiger partial charge is 0.388 e. The number of likely N-dealkylation sites (tertiary alicyclic amines) is 1. The van der Waals surface area contributed by atoms with E-state index in [1.165, 1.54) is 41.4 Å². The second-order valence-electron chi connectivity index (χ2n) is 10.2. The van der Waals surface area contributed by atoms with Crippen LogP contribution in [0.2, 0.25) is 5.02 Å². The number of benzene rings is 2.